The molecule has 13 heavy (non-hydrogen) atoms. The van der Waals surface area contributed by atoms with Crippen molar-refractivity contribution in [2.45, 2.75) is 19.9 Å². The zero-order valence-electron chi connectivity index (χ0n) is 8.11. The van der Waals surface area contributed by atoms with Crippen LogP contribution in [0.15, 0.2) is 0 Å². The van der Waals surface area contributed by atoms with E-state index in [2.05, 4.69) is 0 Å². The van der Waals surface area contributed by atoms with Crippen LogP contribution in [0.25, 0.3) is 0 Å². The molecule has 1 heterocycles. The van der Waals surface area contributed by atoms with Gasteiger partial charge in [-0.05, 0) is 13.8 Å². The summed E-state index contributed by atoms with van der Waals surface area (Å²) in [7, 11) is 0. The van der Waals surface area contributed by atoms with Crippen molar-refractivity contribution in [1.29, 1.82) is 0 Å². The fourth-order valence-electron chi connectivity index (χ4n) is 1.25. The Bertz CT molecular complexity index is 230. The second-order valence-electron chi connectivity index (χ2n) is 3.23. The van der Waals surface area contributed by atoms with E-state index in [0.717, 1.165) is 0 Å². The van der Waals surface area contributed by atoms with Gasteiger partial charge in [0, 0.05) is 12.3 Å². The molecule has 0 saturated carbocycles. The van der Waals surface area contributed by atoms with Crippen LogP contribution in [0.1, 0.15) is 13.8 Å². The molecule has 0 N–H and O–H groups in total. The van der Waals surface area contributed by atoms with Gasteiger partial charge in [0.2, 0.25) is 5.91 Å². The van der Waals surface area contributed by atoms with Crippen molar-refractivity contribution in [2.24, 2.45) is 0 Å². The Hall–Kier alpha value is -0.710. The van der Waals surface area contributed by atoms with Crippen molar-refractivity contribution >= 4 is 23.8 Å². The maximum absolute atomic E-state index is 11.5. The molecule has 1 rings (SSSR count). The third-order valence-corrected chi connectivity index (χ3v) is 2.80. The molecule has 1 fully saturated rings. The molecule has 0 radical (unpaired) electrons. The lowest BCUT2D eigenvalue weighted by Gasteiger charge is -2.34. The summed E-state index contributed by atoms with van der Waals surface area (Å²) in [5, 5.41) is 0. The number of nitrogens with zero attached hydrogens (tertiary/aromatic N) is 2. The molecule has 0 aliphatic carbocycles. The van der Waals surface area contributed by atoms with Gasteiger partial charge in [-0.2, -0.15) is 0 Å². The zero-order valence-corrected chi connectivity index (χ0v) is 8.93. The van der Waals surface area contributed by atoms with Gasteiger partial charge in [-0.1, -0.05) is 11.9 Å². The first-order chi connectivity index (χ1) is 6.06. The molecule has 5 heteroatoms. The minimum atomic E-state index is 0.0146. The molecule has 0 aromatic carbocycles. The first-order valence-electron chi connectivity index (χ1n) is 4.20. The van der Waals surface area contributed by atoms with Crippen molar-refractivity contribution in [3.63, 3.8) is 0 Å². The fraction of sp³-hybridized carbons (Fsp3) is 0.750. The lowest BCUT2D eigenvalue weighted by molar-refractivity contribution is -0.146. The van der Waals surface area contributed by atoms with E-state index < -0.39 is 0 Å². The third kappa shape index (κ3) is 2.15. The van der Waals surface area contributed by atoms with Gasteiger partial charge < -0.3 is 4.90 Å². The predicted molar refractivity (Wildman–Crippen MR) is 52.1 cm³/mol. The summed E-state index contributed by atoms with van der Waals surface area (Å²) < 4.78 is 1.50. The van der Waals surface area contributed by atoms with Crippen LogP contribution in [0.5, 0.6) is 0 Å². The molecule has 0 bridgehead atoms. The number of piperazine rings is 1. The van der Waals surface area contributed by atoms with E-state index in [4.69, 9.17) is 0 Å². The fourth-order valence-corrected chi connectivity index (χ4v) is 1.75. The maximum Gasteiger partial charge on any atom is 0.252 e. The second kappa shape index (κ2) is 4.00. The number of carbonyl (C=O) groups excluding carboxylic acids is 2. The van der Waals surface area contributed by atoms with Crippen LogP contribution in [-0.2, 0) is 9.59 Å². The molecule has 1 aliphatic rings. The van der Waals surface area contributed by atoms with Crippen molar-refractivity contribution in [3.05, 3.63) is 0 Å². The Morgan fingerprint density at radius 3 is 2.31 bits per heavy atom. The summed E-state index contributed by atoms with van der Waals surface area (Å²) in [5.41, 5.74) is 0. The van der Waals surface area contributed by atoms with Gasteiger partial charge in [0.1, 0.15) is 13.1 Å². The largest absolute Gasteiger partial charge is 0.329 e. The molecule has 0 aromatic rings. The Balaban J connectivity index is 2.67. The molecule has 0 spiro atoms. The number of amides is 2. The summed E-state index contributed by atoms with van der Waals surface area (Å²) in [6.07, 6.45) is 1.80. The lowest BCUT2D eigenvalue weighted by Crippen LogP contribution is -2.53. The van der Waals surface area contributed by atoms with Gasteiger partial charge in [-0.25, -0.2) is 0 Å². The van der Waals surface area contributed by atoms with Crippen LogP contribution in [0, 0.1) is 0 Å². The van der Waals surface area contributed by atoms with Crippen LogP contribution in [0.3, 0.4) is 0 Å². The average Bonchev–Trinajstić information content (AvgIpc) is 2.07. The Labute approximate surface area is 82.4 Å². The predicted octanol–water partition coefficient (Wildman–Crippen LogP) is 0.344. The van der Waals surface area contributed by atoms with Crippen molar-refractivity contribution in [3.8, 4) is 0 Å². The maximum atomic E-state index is 11.5. The van der Waals surface area contributed by atoms with E-state index >= 15 is 0 Å². The van der Waals surface area contributed by atoms with E-state index in [9.17, 15) is 9.59 Å². The highest BCUT2D eigenvalue weighted by atomic mass is 32.2. The zero-order chi connectivity index (χ0) is 10.0. The molecule has 74 valence electrons. The summed E-state index contributed by atoms with van der Waals surface area (Å²) in [4.78, 5) is 24.5. The molecule has 2 amide bonds. The average molecular weight is 202 g/mol. The molecule has 0 unspecified atom stereocenters. The SMILES string of the molecule is CSN1CC(=O)N(C(C)C)CC1=O. The summed E-state index contributed by atoms with van der Waals surface area (Å²) in [5.74, 6) is 0.0461. The highest BCUT2D eigenvalue weighted by molar-refractivity contribution is 7.96. The molecule has 1 aliphatic heterocycles. The number of carbonyl (C=O) groups is 2. The van der Waals surface area contributed by atoms with Gasteiger partial charge in [0.05, 0.1) is 0 Å². The first kappa shape index (κ1) is 10.4. The Morgan fingerprint density at radius 2 is 1.85 bits per heavy atom. The standard InChI is InChI=1S/C8H14N2O2S/c1-6(2)9-4-8(12)10(13-3)5-7(9)11/h6H,4-5H2,1-3H3. The quantitative estimate of drug-likeness (QED) is 0.606. The van der Waals surface area contributed by atoms with Crippen LogP contribution in [-0.4, -0.2) is 46.4 Å². The number of hydrogen-bond donors (Lipinski definition) is 0. The van der Waals surface area contributed by atoms with Crippen molar-refractivity contribution in [1.82, 2.24) is 9.21 Å². The van der Waals surface area contributed by atoms with Crippen LogP contribution in [0.2, 0.25) is 0 Å². The van der Waals surface area contributed by atoms with Crippen molar-refractivity contribution < 1.29 is 9.59 Å². The highest BCUT2D eigenvalue weighted by Gasteiger charge is 2.30. The number of rotatable bonds is 2. The smallest absolute Gasteiger partial charge is 0.252 e. The van der Waals surface area contributed by atoms with E-state index in [-0.39, 0.29) is 30.9 Å². The highest BCUT2D eigenvalue weighted by Crippen LogP contribution is 2.14. The molecule has 0 aromatic heterocycles. The van der Waals surface area contributed by atoms with Crippen LogP contribution < -0.4 is 0 Å². The van der Waals surface area contributed by atoms with Gasteiger partial charge in [0.15, 0.2) is 0 Å². The molecule has 1 saturated heterocycles. The van der Waals surface area contributed by atoms with E-state index in [1.165, 1.54) is 16.3 Å². The summed E-state index contributed by atoms with van der Waals surface area (Å²) in [6, 6.07) is 0.112. The summed E-state index contributed by atoms with van der Waals surface area (Å²) >= 11 is 1.31. The molecular formula is C8H14N2O2S. The third-order valence-electron chi connectivity index (χ3n) is 2.03. The Kier molecular flexibility index (Phi) is 3.19. The topological polar surface area (TPSA) is 40.6 Å². The van der Waals surface area contributed by atoms with Gasteiger partial charge >= 0.3 is 0 Å². The minimum Gasteiger partial charge on any atom is -0.329 e. The van der Waals surface area contributed by atoms with Crippen molar-refractivity contribution in [2.75, 3.05) is 19.3 Å². The van der Waals surface area contributed by atoms with Crippen LogP contribution >= 0.6 is 11.9 Å². The molecule has 4 nitrogen and oxygen atoms in total. The molecular weight excluding hydrogens is 188 g/mol. The summed E-state index contributed by atoms with van der Waals surface area (Å²) in [6.45, 7) is 4.26. The van der Waals surface area contributed by atoms with Gasteiger partial charge in [0.25, 0.3) is 5.91 Å². The van der Waals surface area contributed by atoms with Gasteiger partial charge in [-0.15, -0.1) is 0 Å². The van der Waals surface area contributed by atoms with E-state index in [1.807, 2.05) is 13.8 Å². The number of hydrogen-bond acceptors (Lipinski definition) is 3. The monoisotopic (exact) mass is 202 g/mol. The van der Waals surface area contributed by atoms with Crippen LogP contribution in [0.4, 0.5) is 0 Å². The van der Waals surface area contributed by atoms with Gasteiger partial charge in [-0.3, -0.25) is 13.9 Å². The Morgan fingerprint density at radius 1 is 1.23 bits per heavy atom. The molecule has 0 atom stereocenters. The lowest BCUT2D eigenvalue weighted by atomic mass is 10.2. The second-order valence-corrected chi connectivity index (χ2v) is 4.03. The first-order valence-corrected chi connectivity index (χ1v) is 5.38. The van der Waals surface area contributed by atoms with E-state index in [0.29, 0.717) is 0 Å². The minimum absolute atomic E-state index is 0.0146. The normalized spacial score (nSPS) is 18.8. The van der Waals surface area contributed by atoms with E-state index in [1.54, 1.807) is 11.2 Å².